The van der Waals surface area contributed by atoms with Gasteiger partial charge in [0.1, 0.15) is 5.70 Å². The highest BCUT2D eigenvalue weighted by molar-refractivity contribution is 5.96. The number of nitrogens with zero attached hydrogens (tertiary/aromatic N) is 2. The Balaban J connectivity index is 2.95. The molecule has 94 valence electrons. The summed E-state index contributed by atoms with van der Waals surface area (Å²) in [6, 6.07) is 0.293. The first-order valence-corrected chi connectivity index (χ1v) is 6.30. The molecule has 0 aliphatic carbocycles. The Bertz CT molecular complexity index is 355. The molecule has 1 rings (SSSR count). The van der Waals surface area contributed by atoms with Gasteiger partial charge in [0, 0.05) is 18.8 Å². The van der Waals surface area contributed by atoms with E-state index in [1.54, 1.807) is 12.3 Å². The molecule has 0 aromatic rings. The molecule has 17 heavy (non-hydrogen) atoms. The second-order valence-corrected chi connectivity index (χ2v) is 4.35. The SMILES string of the molecule is C=CC1=C(/N=C\C)C(=O)N(C(C)CCC)CC1. The van der Waals surface area contributed by atoms with Crippen molar-refractivity contribution in [1.29, 1.82) is 0 Å². The standard InChI is InChI=1S/C14H22N2O/c1-5-8-11(4)16-10-9-12(6-2)13(14(16)17)15-7-3/h6-7,11H,2,5,8-10H2,1,3-4H3/b15-7-. The fourth-order valence-corrected chi connectivity index (χ4v) is 2.19. The van der Waals surface area contributed by atoms with Crippen LogP contribution in [0.15, 0.2) is 28.9 Å². The molecule has 1 aliphatic rings. The Morgan fingerprint density at radius 2 is 2.29 bits per heavy atom. The Labute approximate surface area is 104 Å². The minimum atomic E-state index is 0.0465. The molecule has 1 aliphatic heterocycles. The zero-order valence-electron chi connectivity index (χ0n) is 11.1. The van der Waals surface area contributed by atoms with Crippen molar-refractivity contribution in [3.63, 3.8) is 0 Å². The van der Waals surface area contributed by atoms with Gasteiger partial charge in [0.15, 0.2) is 0 Å². The third kappa shape index (κ3) is 3.05. The Morgan fingerprint density at radius 1 is 1.59 bits per heavy atom. The van der Waals surface area contributed by atoms with Crippen LogP contribution in [0, 0.1) is 0 Å². The van der Waals surface area contributed by atoms with Crippen LogP contribution in [-0.4, -0.2) is 29.6 Å². The quantitative estimate of drug-likeness (QED) is 0.673. The van der Waals surface area contributed by atoms with Crippen molar-refractivity contribution in [1.82, 2.24) is 4.90 Å². The van der Waals surface area contributed by atoms with Gasteiger partial charge in [0.05, 0.1) is 0 Å². The predicted molar refractivity (Wildman–Crippen MR) is 72.1 cm³/mol. The van der Waals surface area contributed by atoms with Crippen LogP contribution in [0.2, 0.25) is 0 Å². The summed E-state index contributed by atoms with van der Waals surface area (Å²) in [5.41, 5.74) is 1.53. The molecule has 0 fully saturated rings. The number of amides is 1. The molecule has 0 saturated carbocycles. The number of carbonyl (C=O) groups is 1. The minimum Gasteiger partial charge on any atom is -0.334 e. The van der Waals surface area contributed by atoms with Crippen LogP contribution in [0.5, 0.6) is 0 Å². The summed E-state index contributed by atoms with van der Waals surface area (Å²) >= 11 is 0. The molecule has 1 heterocycles. The van der Waals surface area contributed by atoms with E-state index in [9.17, 15) is 4.79 Å². The highest BCUT2D eigenvalue weighted by Gasteiger charge is 2.28. The van der Waals surface area contributed by atoms with Gasteiger partial charge < -0.3 is 4.90 Å². The zero-order valence-corrected chi connectivity index (χ0v) is 11.1. The lowest BCUT2D eigenvalue weighted by atomic mass is 10.0. The maximum Gasteiger partial charge on any atom is 0.272 e. The van der Waals surface area contributed by atoms with Gasteiger partial charge in [-0.05, 0) is 32.3 Å². The van der Waals surface area contributed by atoms with E-state index >= 15 is 0 Å². The van der Waals surface area contributed by atoms with Crippen molar-refractivity contribution in [3.05, 3.63) is 23.9 Å². The van der Waals surface area contributed by atoms with E-state index in [4.69, 9.17) is 0 Å². The average molecular weight is 234 g/mol. The molecule has 1 amide bonds. The molecule has 0 radical (unpaired) electrons. The second-order valence-electron chi connectivity index (χ2n) is 4.35. The van der Waals surface area contributed by atoms with Crippen molar-refractivity contribution >= 4 is 12.1 Å². The number of rotatable bonds is 5. The van der Waals surface area contributed by atoms with Gasteiger partial charge in [-0.25, -0.2) is 0 Å². The largest absolute Gasteiger partial charge is 0.334 e. The van der Waals surface area contributed by atoms with E-state index < -0.39 is 0 Å². The molecule has 1 unspecified atom stereocenters. The molecule has 0 bridgehead atoms. The summed E-state index contributed by atoms with van der Waals surface area (Å²) in [6.45, 7) is 10.6. The summed E-state index contributed by atoms with van der Waals surface area (Å²) < 4.78 is 0. The molecule has 3 heteroatoms. The third-order valence-corrected chi connectivity index (χ3v) is 3.13. The number of carbonyl (C=O) groups excluding carboxylic acids is 1. The Morgan fingerprint density at radius 3 is 2.82 bits per heavy atom. The van der Waals surface area contributed by atoms with E-state index in [0.29, 0.717) is 11.7 Å². The molecule has 3 nitrogen and oxygen atoms in total. The van der Waals surface area contributed by atoms with E-state index in [1.165, 1.54) is 0 Å². The molecular formula is C14H22N2O. The van der Waals surface area contributed by atoms with Crippen LogP contribution in [-0.2, 0) is 4.79 Å². The highest BCUT2D eigenvalue weighted by Crippen LogP contribution is 2.23. The van der Waals surface area contributed by atoms with Gasteiger partial charge in [-0.1, -0.05) is 26.0 Å². The summed E-state index contributed by atoms with van der Waals surface area (Å²) in [7, 11) is 0. The topological polar surface area (TPSA) is 32.7 Å². The van der Waals surface area contributed by atoms with Crippen LogP contribution in [0.1, 0.15) is 40.0 Å². The Kier molecular flexibility index (Phi) is 5.13. The number of aliphatic imine (C=N–C) groups is 1. The van der Waals surface area contributed by atoms with E-state index in [0.717, 1.165) is 31.4 Å². The van der Waals surface area contributed by atoms with Gasteiger partial charge in [-0.2, -0.15) is 0 Å². The zero-order chi connectivity index (χ0) is 12.8. The van der Waals surface area contributed by atoms with Crippen LogP contribution in [0.25, 0.3) is 0 Å². The molecule has 0 spiro atoms. The Hall–Kier alpha value is -1.38. The molecule has 0 N–H and O–H groups in total. The predicted octanol–water partition coefficient (Wildman–Crippen LogP) is 2.94. The summed E-state index contributed by atoms with van der Waals surface area (Å²) in [5, 5.41) is 0. The van der Waals surface area contributed by atoms with Crippen LogP contribution >= 0.6 is 0 Å². The highest BCUT2D eigenvalue weighted by atomic mass is 16.2. The number of allylic oxidation sites excluding steroid dienone is 1. The van der Waals surface area contributed by atoms with Gasteiger partial charge in [0.2, 0.25) is 0 Å². The smallest absolute Gasteiger partial charge is 0.272 e. The monoisotopic (exact) mass is 234 g/mol. The molecular weight excluding hydrogens is 212 g/mol. The lowest BCUT2D eigenvalue weighted by Crippen LogP contribution is -2.42. The summed E-state index contributed by atoms with van der Waals surface area (Å²) in [6.07, 6.45) is 6.41. The average Bonchev–Trinajstić information content (AvgIpc) is 2.32. The number of hydrogen-bond acceptors (Lipinski definition) is 2. The minimum absolute atomic E-state index is 0.0465. The molecule has 0 aromatic carbocycles. The normalized spacial score (nSPS) is 19.0. The van der Waals surface area contributed by atoms with Crippen LogP contribution < -0.4 is 0 Å². The lowest BCUT2D eigenvalue weighted by molar-refractivity contribution is -0.130. The van der Waals surface area contributed by atoms with E-state index in [-0.39, 0.29) is 5.91 Å². The van der Waals surface area contributed by atoms with Crippen LogP contribution in [0.4, 0.5) is 0 Å². The molecule has 0 aromatic heterocycles. The van der Waals surface area contributed by atoms with Crippen LogP contribution in [0.3, 0.4) is 0 Å². The van der Waals surface area contributed by atoms with Gasteiger partial charge in [0.25, 0.3) is 5.91 Å². The maximum atomic E-state index is 12.3. The van der Waals surface area contributed by atoms with E-state index in [2.05, 4.69) is 25.4 Å². The number of hydrogen-bond donors (Lipinski definition) is 0. The first-order chi connectivity index (χ1) is 8.15. The maximum absolute atomic E-state index is 12.3. The summed E-state index contributed by atoms with van der Waals surface area (Å²) in [5.74, 6) is 0.0465. The van der Waals surface area contributed by atoms with Crippen molar-refractivity contribution in [2.45, 2.75) is 46.1 Å². The molecule has 0 saturated heterocycles. The fraction of sp³-hybridized carbons (Fsp3) is 0.571. The van der Waals surface area contributed by atoms with Gasteiger partial charge in [-0.15, -0.1) is 0 Å². The second kappa shape index (κ2) is 6.38. The molecule has 1 atom stereocenters. The van der Waals surface area contributed by atoms with E-state index in [1.807, 2.05) is 11.8 Å². The van der Waals surface area contributed by atoms with Gasteiger partial charge >= 0.3 is 0 Å². The fourth-order valence-electron chi connectivity index (χ4n) is 2.19. The van der Waals surface area contributed by atoms with Crippen molar-refractivity contribution in [2.24, 2.45) is 4.99 Å². The summed E-state index contributed by atoms with van der Waals surface area (Å²) in [4.78, 5) is 18.4. The van der Waals surface area contributed by atoms with Crippen molar-refractivity contribution in [3.8, 4) is 0 Å². The van der Waals surface area contributed by atoms with Crippen molar-refractivity contribution < 1.29 is 4.79 Å². The first kappa shape index (κ1) is 13.7. The van der Waals surface area contributed by atoms with Gasteiger partial charge in [-0.3, -0.25) is 9.79 Å². The lowest BCUT2D eigenvalue weighted by Gasteiger charge is -2.33. The first-order valence-electron chi connectivity index (χ1n) is 6.30. The third-order valence-electron chi connectivity index (χ3n) is 3.13. The van der Waals surface area contributed by atoms with Crippen molar-refractivity contribution in [2.75, 3.05) is 6.54 Å².